The zero-order chi connectivity index (χ0) is 15.0. The summed E-state index contributed by atoms with van der Waals surface area (Å²) in [6, 6.07) is 6.28. The Hall–Kier alpha value is -2.50. The normalized spacial score (nSPS) is 11.3. The summed E-state index contributed by atoms with van der Waals surface area (Å²) >= 11 is 0. The van der Waals surface area contributed by atoms with Gasteiger partial charge in [-0.2, -0.15) is 0 Å². The lowest BCUT2D eigenvalue weighted by atomic mass is 10.1. The Balaban J connectivity index is 2.05. The first kappa shape index (κ1) is 13.5. The zero-order valence-corrected chi connectivity index (χ0v) is 11.6. The van der Waals surface area contributed by atoms with Gasteiger partial charge in [-0.3, -0.25) is 4.98 Å². The van der Waals surface area contributed by atoms with E-state index in [0.29, 0.717) is 5.52 Å². The Morgan fingerprint density at radius 3 is 2.67 bits per heavy atom. The number of nitrogens with one attached hydrogen (secondary N) is 2. The van der Waals surface area contributed by atoms with Gasteiger partial charge in [0.2, 0.25) is 0 Å². The molecule has 0 saturated carbocycles. The Morgan fingerprint density at radius 1 is 1.19 bits per heavy atom. The summed E-state index contributed by atoms with van der Waals surface area (Å²) in [5, 5.41) is 3.99. The largest absolute Gasteiger partial charge is 0.345 e. The third-order valence-electron chi connectivity index (χ3n) is 3.27. The minimum absolute atomic E-state index is 0.0288. The molecule has 0 radical (unpaired) electrons. The van der Waals surface area contributed by atoms with Crippen molar-refractivity contribution in [3.63, 3.8) is 0 Å². The molecule has 4 nitrogen and oxygen atoms in total. The molecular formula is C15H14F2N4. The number of nitrogens with zero attached hydrogens (tertiary/aromatic N) is 2. The monoisotopic (exact) mass is 288 g/mol. The first-order valence-electron chi connectivity index (χ1n) is 6.51. The second kappa shape index (κ2) is 5.12. The van der Waals surface area contributed by atoms with Crippen molar-refractivity contribution < 1.29 is 8.78 Å². The molecule has 0 amide bonds. The fourth-order valence-corrected chi connectivity index (χ4v) is 2.27. The molecule has 6 heteroatoms. The number of benzene rings is 1. The average Bonchev–Trinajstić information content (AvgIpc) is 2.76. The standard InChI is InChI=1S/C15H14F2N4/c1-8-15(20-9(2)19-8)21-12-5-6-18-13-7-10(14(16)17)3-4-11(12)13/h3-7,14H,1-2H3,(H,18,21)(H,19,20). The fraction of sp³-hybridized carbons (Fsp3) is 0.200. The number of fused-ring (bicyclic) bond motifs is 1. The van der Waals surface area contributed by atoms with E-state index in [-0.39, 0.29) is 5.56 Å². The summed E-state index contributed by atoms with van der Waals surface area (Å²) in [6.45, 7) is 3.79. The average molecular weight is 288 g/mol. The molecule has 0 atom stereocenters. The number of aryl methyl sites for hydroxylation is 2. The van der Waals surface area contributed by atoms with E-state index in [9.17, 15) is 8.78 Å². The third-order valence-corrected chi connectivity index (χ3v) is 3.27. The molecular weight excluding hydrogens is 274 g/mol. The highest BCUT2D eigenvalue weighted by Crippen LogP contribution is 2.29. The molecule has 3 aromatic rings. The van der Waals surface area contributed by atoms with Gasteiger partial charge in [0.15, 0.2) is 5.82 Å². The zero-order valence-electron chi connectivity index (χ0n) is 11.6. The number of anilines is 2. The van der Waals surface area contributed by atoms with Gasteiger partial charge in [-0.1, -0.05) is 12.1 Å². The van der Waals surface area contributed by atoms with Crippen molar-refractivity contribution in [1.29, 1.82) is 0 Å². The smallest absolute Gasteiger partial charge is 0.263 e. The van der Waals surface area contributed by atoms with Crippen LogP contribution in [0.5, 0.6) is 0 Å². The van der Waals surface area contributed by atoms with Crippen molar-refractivity contribution in [1.82, 2.24) is 15.0 Å². The number of hydrogen-bond acceptors (Lipinski definition) is 3. The minimum atomic E-state index is -2.50. The summed E-state index contributed by atoms with van der Waals surface area (Å²) in [5.74, 6) is 1.53. The van der Waals surface area contributed by atoms with Gasteiger partial charge in [-0.05, 0) is 26.0 Å². The van der Waals surface area contributed by atoms with Crippen LogP contribution in [0.3, 0.4) is 0 Å². The number of imidazole rings is 1. The number of pyridine rings is 1. The SMILES string of the molecule is Cc1nc(Nc2ccnc3cc(C(F)F)ccc23)c(C)[nH]1. The highest BCUT2D eigenvalue weighted by Gasteiger charge is 2.11. The van der Waals surface area contributed by atoms with Gasteiger partial charge in [0.25, 0.3) is 6.43 Å². The number of rotatable bonds is 3. The highest BCUT2D eigenvalue weighted by molar-refractivity contribution is 5.93. The van der Waals surface area contributed by atoms with Crippen molar-refractivity contribution in [3.8, 4) is 0 Å². The highest BCUT2D eigenvalue weighted by atomic mass is 19.3. The molecule has 108 valence electrons. The summed E-state index contributed by atoms with van der Waals surface area (Å²) in [7, 11) is 0. The van der Waals surface area contributed by atoms with Crippen LogP contribution in [0, 0.1) is 13.8 Å². The molecule has 0 saturated heterocycles. The molecule has 0 aliphatic rings. The van der Waals surface area contributed by atoms with Crippen LogP contribution in [0.15, 0.2) is 30.5 Å². The number of alkyl halides is 2. The minimum Gasteiger partial charge on any atom is -0.345 e. The fourth-order valence-electron chi connectivity index (χ4n) is 2.27. The van der Waals surface area contributed by atoms with E-state index in [2.05, 4.69) is 20.3 Å². The number of H-pyrrole nitrogens is 1. The van der Waals surface area contributed by atoms with Gasteiger partial charge in [-0.15, -0.1) is 0 Å². The van der Waals surface area contributed by atoms with Crippen LogP contribution in [0.25, 0.3) is 10.9 Å². The molecule has 2 aromatic heterocycles. The molecule has 3 rings (SSSR count). The van der Waals surface area contributed by atoms with Crippen molar-refractivity contribution in [2.45, 2.75) is 20.3 Å². The quantitative estimate of drug-likeness (QED) is 0.757. The molecule has 0 aliphatic carbocycles. The van der Waals surface area contributed by atoms with Crippen molar-refractivity contribution in [2.24, 2.45) is 0 Å². The van der Waals surface area contributed by atoms with Crippen LogP contribution in [0.4, 0.5) is 20.3 Å². The van der Waals surface area contributed by atoms with Gasteiger partial charge >= 0.3 is 0 Å². The summed E-state index contributed by atoms with van der Waals surface area (Å²) < 4.78 is 25.5. The first-order valence-corrected chi connectivity index (χ1v) is 6.51. The molecule has 0 fully saturated rings. The van der Waals surface area contributed by atoms with E-state index in [0.717, 1.165) is 28.4 Å². The Morgan fingerprint density at radius 2 is 2.00 bits per heavy atom. The topological polar surface area (TPSA) is 53.6 Å². The molecule has 0 spiro atoms. The predicted octanol–water partition coefficient (Wildman–Crippen LogP) is 4.26. The van der Waals surface area contributed by atoms with Crippen LogP contribution in [0.2, 0.25) is 0 Å². The summed E-state index contributed by atoms with van der Waals surface area (Å²) in [6.07, 6.45) is -0.904. The van der Waals surface area contributed by atoms with Gasteiger partial charge < -0.3 is 10.3 Å². The van der Waals surface area contributed by atoms with Crippen molar-refractivity contribution in [2.75, 3.05) is 5.32 Å². The van der Waals surface area contributed by atoms with Gasteiger partial charge in [0.05, 0.1) is 16.9 Å². The Labute approximate surface area is 120 Å². The number of halogens is 2. The van der Waals surface area contributed by atoms with Crippen LogP contribution in [0.1, 0.15) is 23.5 Å². The van der Waals surface area contributed by atoms with E-state index >= 15 is 0 Å². The number of aromatic amines is 1. The molecule has 1 aromatic carbocycles. The van der Waals surface area contributed by atoms with Gasteiger partial charge in [-0.25, -0.2) is 13.8 Å². The van der Waals surface area contributed by atoms with E-state index in [4.69, 9.17) is 0 Å². The van der Waals surface area contributed by atoms with E-state index < -0.39 is 6.43 Å². The lowest BCUT2D eigenvalue weighted by molar-refractivity contribution is 0.151. The van der Waals surface area contributed by atoms with Crippen LogP contribution >= 0.6 is 0 Å². The molecule has 0 bridgehead atoms. The molecule has 2 N–H and O–H groups in total. The van der Waals surface area contributed by atoms with Crippen LogP contribution < -0.4 is 5.32 Å². The second-order valence-corrected chi connectivity index (χ2v) is 4.86. The Kier molecular flexibility index (Phi) is 3.29. The second-order valence-electron chi connectivity index (χ2n) is 4.86. The van der Waals surface area contributed by atoms with Crippen LogP contribution in [-0.4, -0.2) is 15.0 Å². The lowest BCUT2D eigenvalue weighted by Crippen LogP contribution is -1.95. The van der Waals surface area contributed by atoms with E-state index in [1.165, 1.54) is 12.1 Å². The maximum absolute atomic E-state index is 12.7. The maximum atomic E-state index is 12.7. The third kappa shape index (κ3) is 2.56. The van der Waals surface area contributed by atoms with Gasteiger partial charge in [0, 0.05) is 17.1 Å². The molecule has 0 unspecified atom stereocenters. The molecule has 21 heavy (non-hydrogen) atoms. The van der Waals surface area contributed by atoms with Crippen molar-refractivity contribution in [3.05, 3.63) is 47.5 Å². The number of aromatic nitrogens is 3. The lowest BCUT2D eigenvalue weighted by Gasteiger charge is -2.09. The number of hydrogen-bond donors (Lipinski definition) is 2. The Bertz CT molecular complexity index is 795. The first-order chi connectivity index (χ1) is 10.0. The van der Waals surface area contributed by atoms with E-state index in [1.54, 1.807) is 18.3 Å². The van der Waals surface area contributed by atoms with Gasteiger partial charge in [0.1, 0.15) is 5.82 Å². The predicted molar refractivity (Wildman–Crippen MR) is 78.0 cm³/mol. The molecule has 0 aliphatic heterocycles. The van der Waals surface area contributed by atoms with E-state index in [1.807, 2.05) is 13.8 Å². The van der Waals surface area contributed by atoms with Crippen LogP contribution in [-0.2, 0) is 0 Å². The summed E-state index contributed by atoms with van der Waals surface area (Å²) in [4.78, 5) is 11.6. The summed E-state index contributed by atoms with van der Waals surface area (Å²) in [5.41, 5.74) is 2.21. The maximum Gasteiger partial charge on any atom is 0.263 e. The molecule has 2 heterocycles. The van der Waals surface area contributed by atoms with Crippen molar-refractivity contribution >= 4 is 22.4 Å².